The third-order valence-electron chi connectivity index (χ3n) is 4.98. The fourth-order valence-corrected chi connectivity index (χ4v) is 5.33. The topological polar surface area (TPSA) is 66.1 Å². The highest BCUT2D eigenvalue weighted by Gasteiger charge is 2.24. The van der Waals surface area contributed by atoms with Gasteiger partial charge in [0, 0.05) is 36.2 Å². The molecule has 0 bridgehead atoms. The molecule has 1 aliphatic rings. The molecule has 0 spiro atoms. The van der Waals surface area contributed by atoms with Crippen LogP contribution < -0.4 is 0 Å². The number of H-pyrrole nitrogens is 1. The van der Waals surface area contributed by atoms with E-state index in [9.17, 15) is 13.4 Å². The summed E-state index contributed by atoms with van der Waals surface area (Å²) in [6.07, 6.45) is 2.51. The van der Waals surface area contributed by atoms with Crippen LogP contribution in [0.4, 0.5) is 4.39 Å². The molecule has 3 rings (SSSR count). The second-order valence-corrected chi connectivity index (χ2v) is 10.6. The maximum absolute atomic E-state index is 14.1. The third-order valence-corrected chi connectivity index (χ3v) is 7.34. The normalized spacial score (nSPS) is 22.5. The van der Waals surface area contributed by atoms with Crippen LogP contribution in [0.25, 0.3) is 0 Å². The van der Waals surface area contributed by atoms with Crippen molar-refractivity contribution in [3.63, 3.8) is 0 Å². The number of nitrogens with one attached hydrogen (secondary N) is 1. The third kappa shape index (κ3) is 5.42. The average molecular weight is 456 g/mol. The Morgan fingerprint density at radius 2 is 2.07 bits per heavy atom. The molecule has 8 heteroatoms. The number of benzene rings is 1. The molecular formula is C19H23BrFN3O2S. The van der Waals surface area contributed by atoms with E-state index >= 15 is 0 Å². The van der Waals surface area contributed by atoms with Gasteiger partial charge in [-0.25, -0.2) is 4.39 Å². The number of aromatic nitrogens is 2. The highest BCUT2D eigenvalue weighted by molar-refractivity contribution is 9.10. The van der Waals surface area contributed by atoms with Crippen LogP contribution in [-0.2, 0) is 16.1 Å². The molecule has 1 N–H and O–H groups in total. The predicted molar refractivity (Wildman–Crippen MR) is 110 cm³/mol. The first kappa shape index (κ1) is 20.1. The van der Waals surface area contributed by atoms with Crippen LogP contribution in [0, 0.1) is 11.7 Å². The van der Waals surface area contributed by atoms with E-state index in [0.29, 0.717) is 39.8 Å². The van der Waals surface area contributed by atoms with Crippen molar-refractivity contribution in [2.24, 2.45) is 5.92 Å². The van der Waals surface area contributed by atoms with E-state index in [1.54, 1.807) is 29.2 Å². The van der Waals surface area contributed by atoms with Crippen molar-refractivity contribution in [3.8, 4) is 0 Å². The molecule has 1 aliphatic heterocycles. The lowest BCUT2D eigenvalue weighted by Gasteiger charge is -2.28. The molecule has 1 amide bonds. The quantitative estimate of drug-likeness (QED) is 0.678. The molecule has 2 aromatic rings. The number of rotatable bonds is 6. The molecule has 0 radical (unpaired) electrons. The second-order valence-electron chi connectivity index (χ2n) is 7.03. The molecule has 27 heavy (non-hydrogen) atoms. The zero-order chi connectivity index (χ0) is 19.4. The Balaban J connectivity index is 1.71. The van der Waals surface area contributed by atoms with Crippen LogP contribution >= 0.6 is 15.9 Å². The highest BCUT2D eigenvalue weighted by Crippen LogP contribution is 2.23. The number of nitrogens with zero attached hydrogens (tertiary/aromatic N) is 2. The summed E-state index contributed by atoms with van der Waals surface area (Å²) in [5.74, 6) is 4.93. The van der Waals surface area contributed by atoms with Crippen molar-refractivity contribution >= 4 is 37.2 Å². The van der Waals surface area contributed by atoms with Crippen LogP contribution in [-0.4, -0.2) is 49.1 Å². The Bertz CT molecular complexity index is 899. The predicted octanol–water partition coefficient (Wildman–Crippen LogP) is 3.47. The summed E-state index contributed by atoms with van der Waals surface area (Å²) in [5, 5.41) is 6.71. The van der Waals surface area contributed by atoms with Crippen LogP contribution in [0.15, 0.2) is 34.9 Å². The Kier molecular flexibility index (Phi) is 6.37. The lowest BCUT2D eigenvalue weighted by atomic mass is 9.98. The molecule has 1 aromatic carbocycles. The van der Waals surface area contributed by atoms with Gasteiger partial charge in [0.05, 0.1) is 0 Å². The number of amides is 1. The summed E-state index contributed by atoms with van der Waals surface area (Å²) < 4.78 is 26.7. The Hall–Kier alpha value is -1.67. The maximum Gasteiger partial charge on any atom is 0.274 e. The largest absolute Gasteiger partial charge is 0.333 e. The van der Waals surface area contributed by atoms with Gasteiger partial charge >= 0.3 is 0 Å². The van der Waals surface area contributed by atoms with Gasteiger partial charge in [-0.3, -0.25) is 14.1 Å². The van der Waals surface area contributed by atoms with Crippen LogP contribution in [0.1, 0.15) is 35.3 Å². The van der Waals surface area contributed by atoms with Gasteiger partial charge in [0.15, 0.2) is 5.69 Å². The fraction of sp³-hybridized carbons (Fsp3) is 0.421. The van der Waals surface area contributed by atoms with Crippen molar-refractivity contribution in [2.75, 3.05) is 18.1 Å². The minimum absolute atomic E-state index is 0.189. The molecule has 1 saturated heterocycles. The van der Waals surface area contributed by atoms with E-state index in [1.807, 2.05) is 0 Å². The number of halogens is 2. The van der Waals surface area contributed by atoms with E-state index in [1.165, 1.54) is 6.07 Å². The maximum atomic E-state index is 14.1. The lowest BCUT2D eigenvalue weighted by Crippen LogP contribution is -2.34. The SMILES string of the molecule is C=S1(=O)CCC(CCN(Cc2ccccc2F)C(=O)c2cc(Br)[nH]n2)CC1. The van der Waals surface area contributed by atoms with Crippen LogP contribution in [0.2, 0.25) is 0 Å². The van der Waals surface area contributed by atoms with Crippen molar-refractivity contribution in [1.29, 1.82) is 0 Å². The van der Waals surface area contributed by atoms with E-state index in [4.69, 9.17) is 0 Å². The zero-order valence-corrected chi connectivity index (χ0v) is 17.4. The zero-order valence-electron chi connectivity index (χ0n) is 15.0. The van der Waals surface area contributed by atoms with Crippen molar-refractivity contribution < 1.29 is 13.4 Å². The first-order chi connectivity index (χ1) is 12.8. The molecule has 5 nitrogen and oxygen atoms in total. The van der Waals surface area contributed by atoms with Crippen molar-refractivity contribution in [2.45, 2.75) is 25.8 Å². The molecule has 1 fully saturated rings. The van der Waals surface area contributed by atoms with Crippen LogP contribution in [0.5, 0.6) is 0 Å². The molecule has 1 aromatic heterocycles. The molecular weight excluding hydrogens is 433 g/mol. The van der Waals surface area contributed by atoms with Crippen LogP contribution in [0.3, 0.4) is 0 Å². The summed E-state index contributed by atoms with van der Waals surface area (Å²) in [7, 11) is -1.91. The lowest BCUT2D eigenvalue weighted by molar-refractivity contribution is 0.0724. The summed E-state index contributed by atoms with van der Waals surface area (Å²) >= 11 is 3.26. The van der Waals surface area contributed by atoms with E-state index in [2.05, 4.69) is 32.0 Å². The molecule has 146 valence electrons. The van der Waals surface area contributed by atoms with E-state index < -0.39 is 9.52 Å². The minimum atomic E-state index is -1.91. The van der Waals surface area contributed by atoms with Gasteiger partial charge < -0.3 is 4.90 Å². The number of hydrogen-bond donors (Lipinski definition) is 1. The summed E-state index contributed by atoms with van der Waals surface area (Å²) in [6.45, 7) is 0.690. The smallest absolute Gasteiger partial charge is 0.274 e. The average Bonchev–Trinajstić information content (AvgIpc) is 3.07. The van der Waals surface area contributed by atoms with Crippen molar-refractivity contribution in [1.82, 2.24) is 15.1 Å². The van der Waals surface area contributed by atoms with Crippen molar-refractivity contribution in [3.05, 3.63) is 52.0 Å². The molecule has 0 unspecified atom stereocenters. The van der Waals surface area contributed by atoms with E-state index in [0.717, 1.165) is 19.3 Å². The fourth-order valence-electron chi connectivity index (χ4n) is 3.29. The first-order valence-corrected chi connectivity index (χ1v) is 11.8. The Morgan fingerprint density at radius 1 is 1.37 bits per heavy atom. The first-order valence-electron chi connectivity index (χ1n) is 8.90. The number of carbonyl (C=O) groups excluding carboxylic acids is 1. The highest BCUT2D eigenvalue weighted by atomic mass is 79.9. The van der Waals surface area contributed by atoms with Gasteiger partial charge in [-0.2, -0.15) is 5.10 Å². The standard InChI is InChI=1S/C19H23BrFN3O2S/c1-27(26)10-7-14(8-11-27)6-9-24(13-15-4-2-3-5-16(15)21)19(25)17-12-18(20)23-22-17/h2-5,12,14H,1,6-11,13H2,(H,22,23). The second kappa shape index (κ2) is 8.56. The molecule has 0 saturated carbocycles. The summed E-state index contributed by atoms with van der Waals surface area (Å²) in [4.78, 5) is 14.5. The minimum Gasteiger partial charge on any atom is -0.333 e. The van der Waals surface area contributed by atoms with Gasteiger partial charge in [0.25, 0.3) is 5.91 Å². The number of hydrogen-bond acceptors (Lipinski definition) is 3. The van der Waals surface area contributed by atoms with E-state index in [-0.39, 0.29) is 18.3 Å². The van der Waals surface area contributed by atoms with Gasteiger partial charge in [-0.05, 0) is 62.6 Å². The summed E-state index contributed by atoms with van der Waals surface area (Å²) in [5.41, 5.74) is 0.771. The Morgan fingerprint density at radius 3 is 2.70 bits per heavy atom. The molecule has 0 aliphatic carbocycles. The van der Waals surface area contributed by atoms with Gasteiger partial charge in [0.2, 0.25) is 0 Å². The monoisotopic (exact) mass is 455 g/mol. The number of aromatic amines is 1. The summed E-state index contributed by atoms with van der Waals surface area (Å²) in [6, 6.07) is 8.10. The van der Waals surface area contributed by atoms with Gasteiger partial charge in [-0.1, -0.05) is 18.2 Å². The number of carbonyl (C=O) groups is 1. The molecule has 2 heterocycles. The Labute approximate surface area is 167 Å². The molecule has 0 atom stereocenters. The van der Waals surface area contributed by atoms with Gasteiger partial charge in [-0.15, -0.1) is 0 Å². The van der Waals surface area contributed by atoms with Gasteiger partial charge in [0.1, 0.15) is 10.4 Å².